The van der Waals surface area contributed by atoms with Gasteiger partial charge in [-0.2, -0.15) is 0 Å². The number of rotatable bonds is 6. The van der Waals surface area contributed by atoms with Gasteiger partial charge >= 0.3 is 0 Å². The molecule has 3 nitrogen and oxygen atoms in total. The first-order valence-corrected chi connectivity index (χ1v) is 5.22. The average molecular weight is 209 g/mol. The van der Waals surface area contributed by atoms with Gasteiger partial charge in [0.15, 0.2) is 0 Å². The Balaban J connectivity index is 2.34. The number of ether oxygens (including phenoxy) is 2. The number of aryl methyl sites for hydroxylation is 1. The Morgan fingerprint density at radius 1 is 1.13 bits per heavy atom. The molecule has 0 fully saturated rings. The summed E-state index contributed by atoms with van der Waals surface area (Å²) in [5.74, 6) is 0.936. The molecule has 0 radical (unpaired) electrons. The van der Waals surface area contributed by atoms with Gasteiger partial charge in [-0.15, -0.1) is 0 Å². The third-order valence-corrected chi connectivity index (χ3v) is 2.30. The van der Waals surface area contributed by atoms with Crippen molar-refractivity contribution in [2.24, 2.45) is 5.73 Å². The first-order valence-electron chi connectivity index (χ1n) is 5.22. The van der Waals surface area contributed by atoms with Crippen LogP contribution in [-0.2, 0) is 4.74 Å². The third kappa shape index (κ3) is 3.90. The Morgan fingerprint density at radius 3 is 2.67 bits per heavy atom. The molecule has 0 unspecified atom stereocenters. The molecule has 0 aliphatic carbocycles. The first kappa shape index (κ1) is 12.0. The molecule has 0 aliphatic heterocycles. The summed E-state index contributed by atoms with van der Waals surface area (Å²) in [5.41, 5.74) is 7.74. The highest BCUT2D eigenvalue weighted by molar-refractivity contribution is 5.38. The van der Waals surface area contributed by atoms with Crippen molar-refractivity contribution in [2.75, 3.05) is 26.4 Å². The van der Waals surface area contributed by atoms with Crippen molar-refractivity contribution < 1.29 is 9.47 Å². The maximum absolute atomic E-state index is 5.60. The lowest BCUT2D eigenvalue weighted by Gasteiger charge is -2.10. The topological polar surface area (TPSA) is 44.5 Å². The van der Waals surface area contributed by atoms with E-state index in [4.69, 9.17) is 15.2 Å². The standard InChI is InChI=1S/C12H19NO2/c1-10-4-3-5-12(11(10)2)15-9-8-14-7-6-13/h3-5H,6-9,13H2,1-2H3. The second kappa shape index (κ2) is 6.43. The van der Waals surface area contributed by atoms with E-state index >= 15 is 0 Å². The van der Waals surface area contributed by atoms with Crippen LogP contribution in [0.2, 0.25) is 0 Å². The van der Waals surface area contributed by atoms with Crippen LogP contribution in [0.25, 0.3) is 0 Å². The fourth-order valence-electron chi connectivity index (χ4n) is 1.28. The normalized spacial score (nSPS) is 10.3. The van der Waals surface area contributed by atoms with Gasteiger partial charge in [0.2, 0.25) is 0 Å². The zero-order valence-corrected chi connectivity index (χ0v) is 9.45. The van der Waals surface area contributed by atoms with E-state index in [0.29, 0.717) is 26.4 Å². The predicted octanol–water partition coefficient (Wildman–Crippen LogP) is 1.66. The van der Waals surface area contributed by atoms with Gasteiger partial charge < -0.3 is 15.2 Å². The molecule has 1 aromatic rings. The van der Waals surface area contributed by atoms with Crippen LogP contribution < -0.4 is 10.5 Å². The molecule has 0 amide bonds. The van der Waals surface area contributed by atoms with Gasteiger partial charge in [0.25, 0.3) is 0 Å². The molecule has 84 valence electrons. The second-order valence-electron chi connectivity index (χ2n) is 3.45. The molecule has 1 aromatic carbocycles. The SMILES string of the molecule is Cc1cccc(OCCOCCN)c1C. The van der Waals surface area contributed by atoms with Gasteiger partial charge in [-0.3, -0.25) is 0 Å². The summed E-state index contributed by atoms with van der Waals surface area (Å²) in [6, 6.07) is 6.05. The van der Waals surface area contributed by atoms with Gasteiger partial charge in [0.1, 0.15) is 12.4 Å². The Morgan fingerprint density at radius 2 is 1.93 bits per heavy atom. The smallest absolute Gasteiger partial charge is 0.122 e. The second-order valence-corrected chi connectivity index (χ2v) is 3.45. The highest BCUT2D eigenvalue weighted by atomic mass is 16.5. The molecule has 0 bridgehead atoms. The maximum atomic E-state index is 5.60. The minimum Gasteiger partial charge on any atom is -0.491 e. The van der Waals surface area contributed by atoms with E-state index in [1.807, 2.05) is 12.1 Å². The van der Waals surface area contributed by atoms with Gasteiger partial charge in [-0.25, -0.2) is 0 Å². The lowest BCUT2D eigenvalue weighted by atomic mass is 10.1. The van der Waals surface area contributed by atoms with Crippen LogP contribution in [0, 0.1) is 13.8 Å². The minimum absolute atomic E-state index is 0.559. The van der Waals surface area contributed by atoms with Crippen molar-refractivity contribution in [3.63, 3.8) is 0 Å². The highest BCUT2D eigenvalue weighted by Gasteiger charge is 2.00. The van der Waals surface area contributed by atoms with Gasteiger partial charge in [-0.05, 0) is 31.0 Å². The van der Waals surface area contributed by atoms with E-state index in [-0.39, 0.29) is 0 Å². The van der Waals surface area contributed by atoms with Crippen molar-refractivity contribution in [3.8, 4) is 5.75 Å². The Hall–Kier alpha value is -1.06. The molecule has 0 spiro atoms. The third-order valence-electron chi connectivity index (χ3n) is 2.30. The van der Waals surface area contributed by atoms with Crippen LogP contribution in [0.1, 0.15) is 11.1 Å². The first-order chi connectivity index (χ1) is 7.25. The molecule has 0 heterocycles. The number of nitrogens with two attached hydrogens (primary N) is 1. The lowest BCUT2D eigenvalue weighted by molar-refractivity contribution is 0.105. The molecule has 0 aromatic heterocycles. The van der Waals surface area contributed by atoms with Crippen LogP contribution in [0.4, 0.5) is 0 Å². The van der Waals surface area contributed by atoms with Gasteiger partial charge in [0.05, 0.1) is 13.2 Å². The summed E-state index contributed by atoms with van der Waals surface area (Å²) in [7, 11) is 0. The Labute approximate surface area is 91.2 Å². The van der Waals surface area contributed by atoms with E-state index in [2.05, 4.69) is 19.9 Å². The summed E-state index contributed by atoms with van der Waals surface area (Å²) in [6.45, 7) is 6.45. The lowest BCUT2D eigenvalue weighted by Crippen LogP contribution is -2.13. The highest BCUT2D eigenvalue weighted by Crippen LogP contribution is 2.20. The van der Waals surface area contributed by atoms with Crippen molar-refractivity contribution in [1.29, 1.82) is 0 Å². The van der Waals surface area contributed by atoms with Crippen molar-refractivity contribution in [3.05, 3.63) is 29.3 Å². The Bertz CT molecular complexity index is 300. The van der Waals surface area contributed by atoms with Crippen LogP contribution in [0.15, 0.2) is 18.2 Å². The van der Waals surface area contributed by atoms with Crippen molar-refractivity contribution in [2.45, 2.75) is 13.8 Å². The molecule has 2 N–H and O–H groups in total. The van der Waals surface area contributed by atoms with E-state index in [9.17, 15) is 0 Å². The molecule has 1 rings (SSSR count). The molecule has 0 saturated heterocycles. The Kier molecular flexibility index (Phi) is 5.15. The van der Waals surface area contributed by atoms with E-state index < -0.39 is 0 Å². The zero-order valence-electron chi connectivity index (χ0n) is 9.45. The number of hydrogen-bond acceptors (Lipinski definition) is 3. The monoisotopic (exact) mass is 209 g/mol. The summed E-state index contributed by atoms with van der Waals surface area (Å²) < 4.78 is 10.8. The quantitative estimate of drug-likeness (QED) is 0.725. The van der Waals surface area contributed by atoms with Gasteiger partial charge in [-0.1, -0.05) is 12.1 Å². The fraction of sp³-hybridized carbons (Fsp3) is 0.500. The number of hydrogen-bond donors (Lipinski definition) is 1. The van der Waals surface area contributed by atoms with Crippen LogP contribution >= 0.6 is 0 Å². The molecular formula is C12H19NO2. The van der Waals surface area contributed by atoms with Crippen molar-refractivity contribution in [1.82, 2.24) is 0 Å². The zero-order chi connectivity index (χ0) is 11.1. The largest absolute Gasteiger partial charge is 0.491 e. The molecule has 3 heteroatoms. The molecule has 0 saturated carbocycles. The fourth-order valence-corrected chi connectivity index (χ4v) is 1.28. The predicted molar refractivity (Wildman–Crippen MR) is 61.3 cm³/mol. The molecular weight excluding hydrogens is 190 g/mol. The molecule has 0 aliphatic rings. The van der Waals surface area contributed by atoms with Crippen LogP contribution in [-0.4, -0.2) is 26.4 Å². The average Bonchev–Trinajstić information content (AvgIpc) is 2.24. The summed E-state index contributed by atoms with van der Waals surface area (Å²) in [4.78, 5) is 0. The van der Waals surface area contributed by atoms with E-state index in [1.54, 1.807) is 0 Å². The van der Waals surface area contributed by atoms with Crippen LogP contribution in [0.5, 0.6) is 5.75 Å². The minimum atomic E-state index is 0.559. The van der Waals surface area contributed by atoms with Crippen molar-refractivity contribution >= 4 is 0 Å². The summed E-state index contributed by atoms with van der Waals surface area (Å²) >= 11 is 0. The van der Waals surface area contributed by atoms with Gasteiger partial charge in [0, 0.05) is 6.54 Å². The summed E-state index contributed by atoms with van der Waals surface area (Å²) in [5, 5.41) is 0. The number of benzene rings is 1. The molecule has 0 atom stereocenters. The van der Waals surface area contributed by atoms with Crippen LogP contribution in [0.3, 0.4) is 0 Å². The van der Waals surface area contributed by atoms with E-state index in [0.717, 1.165) is 5.75 Å². The van der Waals surface area contributed by atoms with E-state index in [1.165, 1.54) is 11.1 Å². The summed E-state index contributed by atoms with van der Waals surface area (Å²) in [6.07, 6.45) is 0. The molecule has 15 heavy (non-hydrogen) atoms. The maximum Gasteiger partial charge on any atom is 0.122 e.